The van der Waals surface area contributed by atoms with Crippen LogP contribution in [0.5, 0.6) is 5.88 Å². The summed E-state index contributed by atoms with van der Waals surface area (Å²) >= 11 is 0. The number of rotatable bonds is 7. The van der Waals surface area contributed by atoms with E-state index in [9.17, 15) is 8.78 Å². The Morgan fingerprint density at radius 3 is 2.86 bits per heavy atom. The molecule has 2 N–H and O–H groups in total. The van der Waals surface area contributed by atoms with Crippen molar-refractivity contribution in [1.29, 1.82) is 0 Å². The van der Waals surface area contributed by atoms with E-state index in [1.807, 2.05) is 25.1 Å². The van der Waals surface area contributed by atoms with Crippen molar-refractivity contribution in [2.75, 3.05) is 5.32 Å². The number of H-pyrrole nitrogens is 1. The molecule has 28 heavy (non-hydrogen) atoms. The van der Waals surface area contributed by atoms with Crippen LogP contribution in [0, 0.1) is 0 Å². The first-order valence-electron chi connectivity index (χ1n) is 8.52. The van der Waals surface area contributed by atoms with Crippen molar-refractivity contribution < 1.29 is 13.5 Å². The highest BCUT2D eigenvalue weighted by molar-refractivity contribution is 5.72. The standard InChI is InChI=1S/C17H16F2N8O/c1-2-12(10-5-3-4-6-20-10)27-16-11(8-22-27)21-9-14(24-16)23-13-7-15(26-25-13)28-17(18)19/h3-9,12,17H,2H2,1H3,(H2,23,24,25,26)/t12-/m0/s1. The fourth-order valence-electron chi connectivity index (χ4n) is 2.84. The van der Waals surface area contributed by atoms with E-state index in [1.54, 1.807) is 17.1 Å². The number of nitrogens with zero attached hydrogens (tertiary/aromatic N) is 6. The molecule has 0 fully saturated rings. The zero-order chi connectivity index (χ0) is 19.5. The van der Waals surface area contributed by atoms with Gasteiger partial charge in [-0.1, -0.05) is 13.0 Å². The lowest BCUT2D eigenvalue weighted by molar-refractivity contribution is -0.0528. The van der Waals surface area contributed by atoms with E-state index in [0.29, 0.717) is 17.0 Å². The van der Waals surface area contributed by atoms with Crippen LogP contribution in [0.1, 0.15) is 25.1 Å². The first kappa shape index (κ1) is 17.8. The average molecular weight is 386 g/mol. The smallest absolute Gasteiger partial charge is 0.388 e. The van der Waals surface area contributed by atoms with Crippen molar-refractivity contribution in [2.24, 2.45) is 0 Å². The van der Waals surface area contributed by atoms with Gasteiger partial charge in [-0.2, -0.15) is 19.0 Å². The van der Waals surface area contributed by atoms with Crippen molar-refractivity contribution in [3.05, 3.63) is 48.5 Å². The number of nitrogens with one attached hydrogen (secondary N) is 2. The number of ether oxygens (including phenoxy) is 1. The van der Waals surface area contributed by atoms with Crippen LogP contribution in [0.4, 0.5) is 20.4 Å². The molecule has 144 valence electrons. The molecule has 1 atom stereocenters. The van der Waals surface area contributed by atoms with E-state index in [2.05, 4.69) is 40.3 Å². The monoisotopic (exact) mass is 386 g/mol. The molecule has 0 aromatic carbocycles. The number of pyridine rings is 1. The van der Waals surface area contributed by atoms with Crippen LogP contribution in [0.25, 0.3) is 11.2 Å². The van der Waals surface area contributed by atoms with Crippen molar-refractivity contribution >= 4 is 22.8 Å². The minimum atomic E-state index is -2.93. The predicted molar refractivity (Wildman–Crippen MR) is 96.5 cm³/mol. The fraction of sp³-hybridized carbons (Fsp3) is 0.235. The highest BCUT2D eigenvalue weighted by Crippen LogP contribution is 2.24. The number of hydrogen-bond acceptors (Lipinski definition) is 7. The molecule has 4 rings (SSSR count). The molecular formula is C17H16F2N8O. The quantitative estimate of drug-likeness (QED) is 0.502. The van der Waals surface area contributed by atoms with E-state index < -0.39 is 6.61 Å². The summed E-state index contributed by atoms with van der Waals surface area (Å²) in [5.41, 5.74) is 2.07. The Labute approximate surface area is 157 Å². The van der Waals surface area contributed by atoms with Crippen LogP contribution in [-0.2, 0) is 0 Å². The van der Waals surface area contributed by atoms with Gasteiger partial charge in [0, 0.05) is 12.3 Å². The lowest BCUT2D eigenvalue weighted by atomic mass is 10.1. The molecule has 11 heteroatoms. The van der Waals surface area contributed by atoms with Crippen molar-refractivity contribution in [1.82, 2.24) is 34.9 Å². The third kappa shape index (κ3) is 3.59. The molecule has 0 saturated carbocycles. The maximum Gasteiger partial charge on any atom is 0.388 e. The minimum absolute atomic E-state index is 0.0975. The number of hydrogen-bond donors (Lipinski definition) is 2. The Kier molecular flexibility index (Phi) is 4.79. The third-order valence-electron chi connectivity index (χ3n) is 4.04. The highest BCUT2D eigenvalue weighted by atomic mass is 19.3. The normalized spacial score (nSPS) is 12.4. The van der Waals surface area contributed by atoms with Crippen LogP contribution in [0.3, 0.4) is 0 Å². The molecular weight excluding hydrogens is 370 g/mol. The number of halogens is 2. The molecule has 0 amide bonds. The lowest BCUT2D eigenvalue weighted by Gasteiger charge is -2.15. The Balaban J connectivity index is 1.63. The van der Waals surface area contributed by atoms with Crippen LogP contribution >= 0.6 is 0 Å². The molecule has 0 spiro atoms. The first-order valence-corrected chi connectivity index (χ1v) is 8.52. The van der Waals surface area contributed by atoms with Gasteiger partial charge in [0.05, 0.1) is 24.1 Å². The van der Waals surface area contributed by atoms with E-state index >= 15 is 0 Å². The summed E-state index contributed by atoms with van der Waals surface area (Å²) in [6, 6.07) is 6.92. The Bertz CT molecular complexity index is 1070. The maximum atomic E-state index is 12.3. The second kappa shape index (κ2) is 7.55. The summed E-state index contributed by atoms with van der Waals surface area (Å²) < 4.78 is 30.5. The molecule has 0 aliphatic heterocycles. The van der Waals surface area contributed by atoms with Gasteiger partial charge in [0.15, 0.2) is 17.3 Å². The molecule has 0 bridgehead atoms. The molecule has 0 radical (unpaired) electrons. The number of anilines is 2. The van der Waals surface area contributed by atoms with Gasteiger partial charge in [-0.15, -0.1) is 0 Å². The summed E-state index contributed by atoms with van der Waals surface area (Å²) in [4.78, 5) is 13.3. The van der Waals surface area contributed by atoms with Gasteiger partial charge in [-0.05, 0) is 18.6 Å². The average Bonchev–Trinajstić information content (AvgIpc) is 3.30. The summed E-state index contributed by atoms with van der Waals surface area (Å²) in [5, 5.41) is 13.6. The third-order valence-corrected chi connectivity index (χ3v) is 4.04. The number of fused-ring (bicyclic) bond motifs is 1. The van der Waals surface area contributed by atoms with Gasteiger partial charge in [0.2, 0.25) is 5.88 Å². The van der Waals surface area contributed by atoms with Crippen molar-refractivity contribution in [3.63, 3.8) is 0 Å². The van der Waals surface area contributed by atoms with Crippen molar-refractivity contribution in [2.45, 2.75) is 26.0 Å². The van der Waals surface area contributed by atoms with Crippen LogP contribution in [0.2, 0.25) is 0 Å². The Hall–Kier alpha value is -3.63. The maximum absolute atomic E-state index is 12.3. The highest BCUT2D eigenvalue weighted by Gasteiger charge is 2.18. The van der Waals surface area contributed by atoms with Gasteiger partial charge in [-0.25, -0.2) is 19.7 Å². The molecule has 4 aromatic heterocycles. The predicted octanol–water partition coefficient (Wildman–Crippen LogP) is 3.29. The van der Waals surface area contributed by atoms with Crippen molar-refractivity contribution in [3.8, 4) is 5.88 Å². The SMILES string of the molecule is CC[C@@H](c1ccccn1)n1ncc2ncc(Nc3cc(OC(F)F)[nH]n3)nc21. The summed E-state index contributed by atoms with van der Waals surface area (Å²) in [7, 11) is 0. The molecule has 0 aliphatic rings. The Morgan fingerprint density at radius 2 is 2.11 bits per heavy atom. The van der Waals surface area contributed by atoms with E-state index in [-0.39, 0.29) is 17.7 Å². The van der Waals surface area contributed by atoms with E-state index in [1.165, 1.54) is 12.3 Å². The summed E-state index contributed by atoms with van der Waals surface area (Å²) in [6.07, 6.45) is 5.65. The molecule has 4 aromatic rings. The molecule has 0 unspecified atom stereocenters. The van der Waals surface area contributed by atoms with Gasteiger partial charge < -0.3 is 10.1 Å². The van der Waals surface area contributed by atoms with Crippen LogP contribution < -0.4 is 10.1 Å². The molecule has 9 nitrogen and oxygen atoms in total. The zero-order valence-corrected chi connectivity index (χ0v) is 14.8. The van der Waals surface area contributed by atoms with Gasteiger partial charge in [-0.3, -0.25) is 4.98 Å². The van der Waals surface area contributed by atoms with Crippen LogP contribution in [-0.4, -0.2) is 41.5 Å². The largest absolute Gasteiger partial charge is 0.417 e. The second-order valence-electron chi connectivity index (χ2n) is 5.85. The first-order chi connectivity index (χ1) is 13.6. The van der Waals surface area contributed by atoms with E-state index in [0.717, 1.165) is 12.1 Å². The number of aromatic amines is 1. The molecule has 0 aliphatic carbocycles. The summed E-state index contributed by atoms with van der Waals surface area (Å²) in [5.74, 6) is 0.505. The van der Waals surface area contributed by atoms with E-state index in [4.69, 9.17) is 0 Å². The molecule has 4 heterocycles. The topological polar surface area (TPSA) is 106 Å². The second-order valence-corrected chi connectivity index (χ2v) is 5.85. The number of aromatic nitrogens is 7. The van der Waals surface area contributed by atoms with Gasteiger partial charge >= 0.3 is 6.61 Å². The number of alkyl halides is 2. The Morgan fingerprint density at radius 1 is 1.21 bits per heavy atom. The minimum Gasteiger partial charge on any atom is -0.417 e. The van der Waals surface area contributed by atoms with Gasteiger partial charge in [0.25, 0.3) is 0 Å². The fourth-order valence-corrected chi connectivity index (χ4v) is 2.84. The lowest BCUT2D eigenvalue weighted by Crippen LogP contribution is -2.13. The van der Waals surface area contributed by atoms with Crippen LogP contribution in [0.15, 0.2) is 42.9 Å². The summed E-state index contributed by atoms with van der Waals surface area (Å²) in [6.45, 7) is -0.896. The van der Waals surface area contributed by atoms with Gasteiger partial charge in [0.1, 0.15) is 5.52 Å². The zero-order valence-electron chi connectivity index (χ0n) is 14.8. The molecule has 0 saturated heterocycles.